The molecule has 2 aromatic heterocycles. The molecule has 3 heteroatoms. The fourth-order valence-electron chi connectivity index (χ4n) is 8.21. The highest BCUT2D eigenvalue weighted by Crippen LogP contribution is 2.47. The third-order valence-electron chi connectivity index (χ3n) is 10.8. The van der Waals surface area contributed by atoms with Gasteiger partial charge in [-0.05, 0) is 98.8 Å². The van der Waals surface area contributed by atoms with Crippen molar-refractivity contribution in [3.8, 4) is 33.4 Å². The van der Waals surface area contributed by atoms with Gasteiger partial charge in [-0.25, -0.2) is 0 Å². The summed E-state index contributed by atoms with van der Waals surface area (Å²) in [5.41, 5.74) is 10.6. The van der Waals surface area contributed by atoms with Crippen LogP contribution in [0.25, 0.3) is 84.5 Å². The first-order chi connectivity index (χ1) is 27.2. The number of benzene rings is 9. The number of fused-ring (bicyclic) bond motifs is 7. The van der Waals surface area contributed by atoms with Crippen molar-refractivity contribution < 1.29 is 0 Å². The largest absolute Gasteiger partial charge is 0.309 e. The van der Waals surface area contributed by atoms with Gasteiger partial charge < -0.3 is 4.90 Å². The van der Waals surface area contributed by atoms with Gasteiger partial charge in [0.15, 0.2) is 0 Å². The Bertz CT molecular complexity index is 3200. The molecule has 0 atom stereocenters. The van der Waals surface area contributed by atoms with E-state index in [1.165, 1.54) is 90.2 Å². The van der Waals surface area contributed by atoms with Crippen LogP contribution in [-0.4, -0.2) is 0 Å². The molecule has 55 heavy (non-hydrogen) atoms. The third-order valence-corrected chi connectivity index (χ3v) is 13.2. The fourth-order valence-corrected chi connectivity index (χ4v) is 10.6. The van der Waals surface area contributed by atoms with Crippen molar-refractivity contribution in [2.45, 2.75) is 0 Å². The van der Waals surface area contributed by atoms with Gasteiger partial charge in [0.05, 0.1) is 10.4 Å². The van der Waals surface area contributed by atoms with E-state index in [4.69, 9.17) is 0 Å². The fraction of sp³-hybridized carbons (Fsp3) is 0. The van der Waals surface area contributed by atoms with Crippen LogP contribution in [0.15, 0.2) is 200 Å². The molecule has 0 aliphatic heterocycles. The zero-order chi connectivity index (χ0) is 36.3. The molecule has 0 aliphatic carbocycles. The van der Waals surface area contributed by atoms with Crippen molar-refractivity contribution in [3.05, 3.63) is 200 Å². The monoisotopic (exact) mass is 735 g/mol. The average Bonchev–Trinajstić information content (AvgIpc) is 3.83. The summed E-state index contributed by atoms with van der Waals surface area (Å²) in [7, 11) is 0. The molecular weight excluding hydrogens is 703 g/mol. The molecule has 11 aromatic rings. The maximum Gasteiger partial charge on any atom is 0.0640 e. The predicted molar refractivity (Wildman–Crippen MR) is 241 cm³/mol. The molecule has 1 nitrogen and oxygen atoms in total. The lowest BCUT2D eigenvalue weighted by Crippen LogP contribution is -2.10. The summed E-state index contributed by atoms with van der Waals surface area (Å²) in [6.45, 7) is 0. The second-order valence-corrected chi connectivity index (χ2v) is 16.2. The Morgan fingerprint density at radius 3 is 1.75 bits per heavy atom. The van der Waals surface area contributed by atoms with Gasteiger partial charge >= 0.3 is 0 Å². The Hall–Kier alpha value is -6.52. The summed E-state index contributed by atoms with van der Waals surface area (Å²) in [4.78, 5) is 2.47. The van der Waals surface area contributed by atoms with Gasteiger partial charge in [-0.15, -0.1) is 22.7 Å². The van der Waals surface area contributed by atoms with Crippen molar-refractivity contribution in [3.63, 3.8) is 0 Å². The second-order valence-electron chi connectivity index (χ2n) is 14.1. The molecule has 2 heterocycles. The number of anilines is 3. The normalized spacial score (nSPS) is 11.6. The minimum absolute atomic E-state index is 1.12. The second kappa shape index (κ2) is 13.1. The lowest BCUT2D eigenvalue weighted by Gasteiger charge is -2.28. The van der Waals surface area contributed by atoms with Gasteiger partial charge in [-0.1, -0.05) is 146 Å². The number of rotatable bonds is 6. The SMILES string of the molecule is c1ccc(-c2ccc(N(c3cc(-c4ccc5c(c4)sc4ccccc45)cc(-c4cccc5ccccc45)c3)c3cccc4c3sc3ccccc34)cc2)cc1. The first-order valence-electron chi connectivity index (χ1n) is 18.7. The minimum atomic E-state index is 1.12. The van der Waals surface area contributed by atoms with Crippen LogP contribution < -0.4 is 4.90 Å². The summed E-state index contributed by atoms with van der Waals surface area (Å²) < 4.78 is 5.20. The van der Waals surface area contributed by atoms with E-state index in [9.17, 15) is 0 Å². The van der Waals surface area contributed by atoms with Crippen molar-refractivity contribution in [1.82, 2.24) is 0 Å². The van der Waals surface area contributed by atoms with Gasteiger partial charge in [0.1, 0.15) is 0 Å². The van der Waals surface area contributed by atoms with E-state index < -0.39 is 0 Å². The van der Waals surface area contributed by atoms with E-state index in [0.717, 1.165) is 11.4 Å². The Balaban J connectivity index is 1.18. The minimum Gasteiger partial charge on any atom is -0.309 e. The molecule has 0 amide bonds. The van der Waals surface area contributed by atoms with Crippen LogP contribution in [0.2, 0.25) is 0 Å². The zero-order valence-electron chi connectivity index (χ0n) is 29.8. The molecule has 258 valence electrons. The van der Waals surface area contributed by atoms with Crippen molar-refractivity contribution in [2.75, 3.05) is 4.90 Å². The Labute approximate surface area is 327 Å². The molecule has 11 rings (SSSR count). The van der Waals surface area contributed by atoms with E-state index in [-0.39, 0.29) is 0 Å². The maximum atomic E-state index is 2.47. The first-order valence-corrected chi connectivity index (χ1v) is 20.3. The van der Waals surface area contributed by atoms with Crippen molar-refractivity contribution in [2.24, 2.45) is 0 Å². The van der Waals surface area contributed by atoms with Crippen LogP contribution >= 0.6 is 22.7 Å². The van der Waals surface area contributed by atoms with E-state index in [1.54, 1.807) is 0 Å². The number of hydrogen-bond acceptors (Lipinski definition) is 3. The molecule has 0 fully saturated rings. The van der Waals surface area contributed by atoms with E-state index in [0.29, 0.717) is 0 Å². The zero-order valence-corrected chi connectivity index (χ0v) is 31.4. The van der Waals surface area contributed by atoms with E-state index in [2.05, 4.69) is 205 Å². The predicted octanol–water partition coefficient (Wildman–Crippen LogP) is 16.0. The van der Waals surface area contributed by atoms with Crippen LogP contribution in [0.1, 0.15) is 0 Å². The Morgan fingerprint density at radius 2 is 0.909 bits per heavy atom. The Kier molecular flexibility index (Phi) is 7.61. The molecule has 0 saturated heterocycles. The smallest absolute Gasteiger partial charge is 0.0640 e. The number of thiophene rings is 2. The topological polar surface area (TPSA) is 3.24 Å². The molecule has 0 bridgehead atoms. The highest BCUT2D eigenvalue weighted by atomic mass is 32.1. The van der Waals surface area contributed by atoms with Gasteiger partial charge in [-0.3, -0.25) is 0 Å². The van der Waals surface area contributed by atoms with Crippen molar-refractivity contribution in [1.29, 1.82) is 0 Å². The van der Waals surface area contributed by atoms with E-state index in [1.807, 2.05) is 22.7 Å². The van der Waals surface area contributed by atoms with Gasteiger partial charge in [0.25, 0.3) is 0 Å². The molecule has 0 saturated carbocycles. The molecule has 0 N–H and O–H groups in total. The van der Waals surface area contributed by atoms with Crippen LogP contribution in [0.4, 0.5) is 17.1 Å². The summed E-state index contributed by atoms with van der Waals surface area (Å²) in [6.07, 6.45) is 0. The lowest BCUT2D eigenvalue weighted by molar-refractivity contribution is 1.30. The standard InChI is InChI=1S/C52H33NS2/c1-2-12-34(13-3-1)35-24-27-40(28-25-35)53(48-21-11-20-47-45-18-7-9-23-50(45)55-52(47)48)41-31-38(30-39(32-41)43-19-10-15-36-14-4-5-16-42(36)43)37-26-29-46-44-17-6-8-22-49(44)54-51(46)33-37/h1-33H. The highest BCUT2D eigenvalue weighted by Gasteiger charge is 2.21. The molecular formula is C52H33NS2. The lowest BCUT2D eigenvalue weighted by atomic mass is 9.93. The van der Waals surface area contributed by atoms with Gasteiger partial charge in [0, 0.05) is 47.0 Å². The molecule has 0 spiro atoms. The van der Waals surface area contributed by atoms with Crippen molar-refractivity contribution >= 4 is 90.9 Å². The Morgan fingerprint density at radius 1 is 0.309 bits per heavy atom. The summed E-state index contributed by atoms with van der Waals surface area (Å²) >= 11 is 3.74. The van der Waals surface area contributed by atoms with E-state index >= 15 is 0 Å². The summed E-state index contributed by atoms with van der Waals surface area (Å²) in [6, 6.07) is 73.6. The third kappa shape index (κ3) is 5.51. The first kappa shape index (κ1) is 32.0. The maximum absolute atomic E-state index is 2.47. The quantitative estimate of drug-likeness (QED) is 0.164. The van der Waals surface area contributed by atoms with Gasteiger partial charge in [-0.2, -0.15) is 0 Å². The number of hydrogen-bond donors (Lipinski definition) is 0. The summed E-state index contributed by atoms with van der Waals surface area (Å²) in [5, 5.41) is 7.70. The van der Waals surface area contributed by atoms with Crippen LogP contribution in [0, 0.1) is 0 Å². The van der Waals surface area contributed by atoms with Crippen LogP contribution in [0.3, 0.4) is 0 Å². The highest BCUT2D eigenvalue weighted by molar-refractivity contribution is 7.26. The van der Waals surface area contributed by atoms with Gasteiger partial charge in [0.2, 0.25) is 0 Å². The summed E-state index contributed by atoms with van der Waals surface area (Å²) in [5.74, 6) is 0. The average molecular weight is 736 g/mol. The molecule has 0 unspecified atom stereocenters. The molecule has 0 radical (unpaired) electrons. The molecule has 9 aromatic carbocycles. The number of nitrogens with zero attached hydrogens (tertiary/aromatic N) is 1. The molecule has 0 aliphatic rings. The van der Waals surface area contributed by atoms with Crippen LogP contribution in [-0.2, 0) is 0 Å². The van der Waals surface area contributed by atoms with Crippen LogP contribution in [0.5, 0.6) is 0 Å².